The molecule has 0 radical (unpaired) electrons. The zero-order chi connectivity index (χ0) is 45.6. The van der Waals surface area contributed by atoms with Gasteiger partial charge < -0.3 is 25.6 Å². The van der Waals surface area contributed by atoms with Gasteiger partial charge in [-0.3, -0.25) is 9.59 Å². The summed E-state index contributed by atoms with van der Waals surface area (Å²) in [4.78, 5) is 51.2. The van der Waals surface area contributed by atoms with Crippen molar-refractivity contribution in [2.24, 2.45) is 0 Å². The average molecular weight is 877 g/mol. The van der Waals surface area contributed by atoms with E-state index >= 15 is 0 Å². The third-order valence-electron chi connectivity index (χ3n) is 12.2. The van der Waals surface area contributed by atoms with Crippen molar-refractivity contribution in [2.75, 3.05) is 0 Å². The van der Waals surface area contributed by atoms with Crippen LogP contribution in [0.2, 0.25) is 0 Å². The Balaban J connectivity index is 1.70. The number of phenols is 1. The number of carboxylic acids is 1. The van der Waals surface area contributed by atoms with Crippen molar-refractivity contribution in [3.05, 3.63) is 59.7 Å². The standard InChI is InChI=1S/C54H88N2O7/c1-3-5-7-9-11-13-15-17-19-21-23-25-27-29-31-33-51(58)55-49(53(60)61)43-46-37-41-48(42-38-46)63-54(62)50(44-45-35-39-47(57)40-36-45)56-52(59)34-32-30-28-26-24-22-20-18-16-14-12-10-8-6-4-2/h35-42,49-50,57H,3-34,43-44H2,1-2H3,(H,55,58)(H,56,59)(H,60,61)/t49-,50-/m0/s1. The molecule has 4 N–H and O–H groups in total. The van der Waals surface area contributed by atoms with Gasteiger partial charge in [0.15, 0.2) is 0 Å². The Labute approximate surface area is 382 Å². The number of aromatic hydroxyl groups is 1. The second kappa shape index (κ2) is 37.5. The molecule has 0 spiro atoms. The van der Waals surface area contributed by atoms with Crippen molar-refractivity contribution in [1.82, 2.24) is 10.6 Å². The fourth-order valence-corrected chi connectivity index (χ4v) is 8.22. The number of carbonyl (C=O) groups excluding carboxylic acids is 3. The Hall–Kier alpha value is -3.88. The third kappa shape index (κ3) is 30.0. The van der Waals surface area contributed by atoms with Crippen molar-refractivity contribution in [1.29, 1.82) is 0 Å². The summed E-state index contributed by atoms with van der Waals surface area (Å²) in [6, 6.07) is 11.1. The van der Waals surface area contributed by atoms with E-state index in [1.165, 1.54) is 154 Å². The Morgan fingerprint density at radius 2 is 0.746 bits per heavy atom. The molecule has 0 saturated carbocycles. The van der Waals surface area contributed by atoms with E-state index in [9.17, 15) is 29.4 Å². The highest BCUT2D eigenvalue weighted by molar-refractivity contribution is 5.86. The van der Waals surface area contributed by atoms with Crippen molar-refractivity contribution in [3.8, 4) is 11.5 Å². The monoisotopic (exact) mass is 877 g/mol. The SMILES string of the molecule is CCCCCCCCCCCCCCCCCC(=O)N[C@@H](Cc1ccc(OC(=O)[C@H](Cc2ccc(O)cc2)NC(=O)CCCCCCCCCCCCCCCCC)cc1)C(=O)O. The highest BCUT2D eigenvalue weighted by atomic mass is 16.5. The van der Waals surface area contributed by atoms with Crippen LogP contribution in [0.5, 0.6) is 11.5 Å². The molecular weight excluding hydrogens is 789 g/mol. The number of hydrogen-bond donors (Lipinski definition) is 4. The number of carboxylic acid groups (broad SMARTS) is 1. The summed E-state index contributed by atoms with van der Waals surface area (Å²) >= 11 is 0. The predicted molar refractivity (Wildman–Crippen MR) is 258 cm³/mol. The number of nitrogens with one attached hydrogen (secondary N) is 2. The van der Waals surface area contributed by atoms with Crippen molar-refractivity contribution in [2.45, 2.75) is 244 Å². The van der Waals surface area contributed by atoms with Gasteiger partial charge in [0.2, 0.25) is 11.8 Å². The number of ether oxygens (including phenoxy) is 1. The maximum absolute atomic E-state index is 13.4. The molecule has 9 nitrogen and oxygen atoms in total. The van der Waals surface area contributed by atoms with Crippen LogP contribution in [0, 0.1) is 0 Å². The molecule has 356 valence electrons. The van der Waals surface area contributed by atoms with Crippen LogP contribution in [0.15, 0.2) is 48.5 Å². The number of benzene rings is 2. The largest absolute Gasteiger partial charge is 0.508 e. The van der Waals surface area contributed by atoms with Crippen molar-refractivity contribution in [3.63, 3.8) is 0 Å². The Bertz CT molecular complexity index is 1460. The summed E-state index contributed by atoms with van der Waals surface area (Å²) in [7, 11) is 0. The van der Waals surface area contributed by atoms with Gasteiger partial charge in [-0.2, -0.15) is 0 Å². The van der Waals surface area contributed by atoms with E-state index in [4.69, 9.17) is 4.74 Å². The molecule has 0 aromatic heterocycles. The summed E-state index contributed by atoms with van der Waals surface area (Å²) in [5, 5.41) is 25.2. The van der Waals surface area contributed by atoms with E-state index in [0.717, 1.165) is 44.1 Å². The van der Waals surface area contributed by atoms with Crippen LogP contribution in [-0.2, 0) is 32.0 Å². The Morgan fingerprint density at radius 3 is 1.10 bits per heavy atom. The molecule has 2 atom stereocenters. The molecule has 0 aliphatic carbocycles. The quantitative estimate of drug-likeness (QED) is 0.0296. The number of hydrogen-bond acceptors (Lipinski definition) is 6. The van der Waals surface area contributed by atoms with E-state index in [2.05, 4.69) is 24.5 Å². The number of esters is 1. The number of amides is 2. The molecule has 0 heterocycles. The molecule has 2 rings (SSSR count). The molecule has 0 aliphatic rings. The molecule has 9 heteroatoms. The minimum Gasteiger partial charge on any atom is -0.508 e. The van der Waals surface area contributed by atoms with Crippen molar-refractivity contribution < 1.29 is 34.1 Å². The molecule has 0 unspecified atom stereocenters. The highest BCUT2D eigenvalue weighted by Gasteiger charge is 2.24. The van der Waals surface area contributed by atoms with E-state index in [-0.39, 0.29) is 36.2 Å². The molecule has 63 heavy (non-hydrogen) atoms. The van der Waals surface area contributed by atoms with Crippen LogP contribution in [0.4, 0.5) is 0 Å². The first-order chi connectivity index (χ1) is 30.7. The second-order valence-corrected chi connectivity index (χ2v) is 18.1. The Kier molecular flexibility index (Phi) is 32.9. The number of phenolic OH excluding ortho intramolecular Hbond substituents is 1. The van der Waals surface area contributed by atoms with Gasteiger partial charge >= 0.3 is 11.9 Å². The lowest BCUT2D eigenvalue weighted by Gasteiger charge is -2.18. The molecule has 2 amide bonds. The lowest BCUT2D eigenvalue weighted by molar-refractivity contribution is -0.141. The van der Waals surface area contributed by atoms with E-state index < -0.39 is 24.0 Å². The van der Waals surface area contributed by atoms with Gasteiger partial charge in [-0.15, -0.1) is 0 Å². The number of unbranched alkanes of at least 4 members (excludes halogenated alkanes) is 28. The fourth-order valence-electron chi connectivity index (χ4n) is 8.22. The first kappa shape index (κ1) is 55.3. The Morgan fingerprint density at radius 1 is 0.444 bits per heavy atom. The van der Waals surface area contributed by atoms with Crippen LogP contribution in [0.3, 0.4) is 0 Å². The first-order valence-corrected chi connectivity index (χ1v) is 25.6. The summed E-state index contributed by atoms with van der Waals surface area (Å²) in [5.41, 5.74) is 1.44. The van der Waals surface area contributed by atoms with Crippen LogP contribution in [0.1, 0.15) is 230 Å². The molecule has 0 fully saturated rings. The lowest BCUT2D eigenvalue weighted by Crippen LogP contribution is -2.44. The second-order valence-electron chi connectivity index (χ2n) is 18.1. The minimum absolute atomic E-state index is 0.0903. The average Bonchev–Trinajstić information content (AvgIpc) is 3.27. The van der Waals surface area contributed by atoms with Gasteiger partial charge in [0.25, 0.3) is 0 Å². The number of rotatable bonds is 41. The summed E-state index contributed by atoms with van der Waals surface area (Å²) < 4.78 is 5.71. The van der Waals surface area contributed by atoms with E-state index in [0.29, 0.717) is 18.4 Å². The van der Waals surface area contributed by atoms with Gasteiger partial charge in [-0.1, -0.05) is 218 Å². The summed E-state index contributed by atoms with van der Waals surface area (Å²) in [6.45, 7) is 4.52. The molecule has 0 saturated heterocycles. The van der Waals surface area contributed by atoms with E-state index in [1.54, 1.807) is 48.5 Å². The maximum atomic E-state index is 13.4. The maximum Gasteiger partial charge on any atom is 0.334 e. The van der Waals surface area contributed by atoms with Crippen LogP contribution in [0.25, 0.3) is 0 Å². The molecule has 0 bridgehead atoms. The summed E-state index contributed by atoms with van der Waals surface area (Å²) in [5.74, 6) is -1.81. The number of carbonyl (C=O) groups is 4. The fraction of sp³-hybridized carbons (Fsp3) is 0.704. The normalized spacial score (nSPS) is 12.2. The zero-order valence-corrected chi connectivity index (χ0v) is 39.8. The lowest BCUT2D eigenvalue weighted by atomic mass is 10.0. The predicted octanol–water partition coefficient (Wildman–Crippen LogP) is 13.7. The van der Waals surface area contributed by atoms with Gasteiger partial charge in [0.05, 0.1) is 0 Å². The van der Waals surface area contributed by atoms with Crippen molar-refractivity contribution >= 4 is 23.8 Å². The highest BCUT2D eigenvalue weighted by Crippen LogP contribution is 2.19. The molecule has 0 aliphatic heterocycles. The van der Waals surface area contributed by atoms with Crippen LogP contribution < -0.4 is 15.4 Å². The summed E-state index contributed by atoms with van der Waals surface area (Å²) in [6.07, 6.45) is 38.2. The van der Waals surface area contributed by atoms with E-state index in [1.807, 2.05) is 0 Å². The third-order valence-corrected chi connectivity index (χ3v) is 12.2. The van der Waals surface area contributed by atoms with Gasteiger partial charge in [0, 0.05) is 25.7 Å². The van der Waals surface area contributed by atoms with Gasteiger partial charge in [-0.25, -0.2) is 9.59 Å². The zero-order valence-electron chi connectivity index (χ0n) is 39.8. The minimum atomic E-state index is -1.10. The van der Waals surface area contributed by atoms with Gasteiger partial charge in [-0.05, 0) is 48.2 Å². The van der Waals surface area contributed by atoms with Gasteiger partial charge in [0.1, 0.15) is 23.6 Å². The first-order valence-electron chi connectivity index (χ1n) is 25.6. The topological polar surface area (TPSA) is 142 Å². The number of aliphatic carboxylic acids is 1. The smallest absolute Gasteiger partial charge is 0.334 e. The molecular formula is C54H88N2O7. The molecule has 2 aromatic carbocycles. The van der Waals surface area contributed by atoms with Crippen LogP contribution in [-0.4, -0.2) is 46.0 Å². The molecule has 2 aromatic rings. The van der Waals surface area contributed by atoms with Crippen LogP contribution >= 0.6 is 0 Å².